The molecule has 7 nitrogen and oxygen atoms in total. The van der Waals surface area contributed by atoms with E-state index in [1.165, 1.54) is 11.1 Å². The number of amides is 2. The molecule has 0 fully saturated rings. The Morgan fingerprint density at radius 1 is 1.00 bits per heavy atom. The van der Waals surface area contributed by atoms with Crippen LogP contribution in [0.25, 0.3) is 10.9 Å². The molecule has 0 saturated heterocycles. The molecule has 0 saturated carbocycles. The van der Waals surface area contributed by atoms with Crippen LogP contribution >= 0.6 is 0 Å². The van der Waals surface area contributed by atoms with Crippen molar-refractivity contribution in [2.45, 2.75) is 33.0 Å². The summed E-state index contributed by atoms with van der Waals surface area (Å²) in [6, 6.07) is 22.8. The van der Waals surface area contributed by atoms with Crippen LogP contribution < -0.4 is 10.6 Å². The number of fused-ring (bicyclic) bond motifs is 2. The molecule has 5 rings (SSSR count). The first-order chi connectivity index (χ1) is 17.9. The molecule has 2 heterocycles. The SMILES string of the molecule is CCn1c(C(=O)NCc2cccc(C(=O)Nc3ccc4c(c3)CN(C)CC4)c2)cc2cc(C#N)ccc21. The quantitative estimate of drug-likeness (QED) is 0.409. The normalized spacial score (nSPS) is 13.1. The van der Waals surface area contributed by atoms with E-state index in [1.807, 2.05) is 41.8 Å². The second-order valence-electron chi connectivity index (χ2n) is 9.47. The lowest BCUT2D eigenvalue weighted by molar-refractivity contribution is 0.0941. The zero-order chi connectivity index (χ0) is 25.9. The van der Waals surface area contributed by atoms with E-state index >= 15 is 0 Å². The highest BCUT2D eigenvalue weighted by molar-refractivity contribution is 6.04. The van der Waals surface area contributed by atoms with Gasteiger partial charge in [-0.2, -0.15) is 5.26 Å². The first kappa shape index (κ1) is 24.3. The average Bonchev–Trinajstić information content (AvgIpc) is 3.29. The standard InChI is InChI=1S/C30H29N5O2/c1-3-35-27-10-7-20(17-31)13-24(27)16-28(35)30(37)32-18-21-5-4-6-23(14-21)29(36)33-26-9-8-22-11-12-34(2)19-25(22)15-26/h4-10,13-16H,3,11-12,18-19H2,1-2H3,(H,32,37)(H,33,36). The Morgan fingerprint density at radius 2 is 1.86 bits per heavy atom. The molecule has 2 N–H and O–H groups in total. The fraction of sp³-hybridized carbons (Fsp3) is 0.233. The van der Waals surface area contributed by atoms with Crippen LogP contribution in [0.3, 0.4) is 0 Å². The van der Waals surface area contributed by atoms with E-state index in [0.29, 0.717) is 29.9 Å². The summed E-state index contributed by atoms with van der Waals surface area (Å²) in [5, 5.41) is 16.0. The Bertz CT molecular complexity index is 1550. The predicted octanol–water partition coefficient (Wildman–Crippen LogP) is 4.70. The third-order valence-corrected chi connectivity index (χ3v) is 6.89. The largest absolute Gasteiger partial charge is 0.347 e. The van der Waals surface area contributed by atoms with E-state index in [2.05, 4.69) is 40.8 Å². The van der Waals surface area contributed by atoms with Crippen LogP contribution in [0, 0.1) is 11.3 Å². The van der Waals surface area contributed by atoms with Gasteiger partial charge in [0, 0.05) is 48.3 Å². The number of hydrogen-bond donors (Lipinski definition) is 2. The van der Waals surface area contributed by atoms with Crippen LogP contribution in [0.2, 0.25) is 0 Å². The summed E-state index contributed by atoms with van der Waals surface area (Å²) < 4.78 is 1.94. The van der Waals surface area contributed by atoms with Gasteiger partial charge < -0.3 is 20.1 Å². The highest BCUT2D eigenvalue weighted by atomic mass is 16.2. The van der Waals surface area contributed by atoms with E-state index in [-0.39, 0.29) is 11.8 Å². The molecule has 7 heteroatoms. The van der Waals surface area contributed by atoms with Crippen molar-refractivity contribution in [3.05, 3.63) is 100 Å². The minimum Gasteiger partial charge on any atom is -0.347 e. The molecule has 0 radical (unpaired) electrons. The molecule has 4 aromatic rings. The van der Waals surface area contributed by atoms with Crippen LogP contribution in [0.15, 0.2) is 66.7 Å². The summed E-state index contributed by atoms with van der Waals surface area (Å²) in [5.41, 5.74) is 6.75. The molecular weight excluding hydrogens is 462 g/mol. The molecule has 186 valence electrons. The number of nitriles is 1. The Hall–Kier alpha value is -4.41. The molecule has 0 atom stereocenters. The second kappa shape index (κ2) is 10.3. The lowest BCUT2D eigenvalue weighted by Gasteiger charge is -2.25. The van der Waals surface area contributed by atoms with Gasteiger partial charge in [-0.3, -0.25) is 9.59 Å². The minimum atomic E-state index is -0.203. The monoisotopic (exact) mass is 491 g/mol. The molecule has 1 aliphatic rings. The number of carbonyl (C=O) groups is 2. The molecule has 0 spiro atoms. The van der Waals surface area contributed by atoms with Gasteiger partial charge in [-0.1, -0.05) is 18.2 Å². The van der Waals surface area contributed by atoms with Crippen molar-refractivity contribution in [3.63, 3.8) is 0 Å². The zero-order valence-corrected chi connectivity index (χ0v) is 21.0. The van der Waals surface area contributed by atoms with Gasteiger partial charge in [-0.15, -0.1) is 0 Å². The summed E-state index contributed by atoms with van der Waals surface area (Å²) >= 11 is 0. The van der Waals surface area contributed by atoms with Gasteiger partial charge in [-0.05, 0) is 85.6 Å². The number of nitrogens with one attached hydrogen (secondary N) is 2. The zero-order valence-electron chi connectivity index (χ0n) is 21.0. The molecule has 2 amide bonds. The van der Waals surface area contributed by atoms with Gasteiger partial charge >= 0.3 is 0 Å². The number of carbonyl (C=O) groups excluding carboxylic acids is 2. The number of anilines is 1. The Balaban J connectivity index is 1.27. The summed E-state index contributed by atoms with van der Waals surface area (Å²) in [4.78, 5) is 28.3. The fourth-order valence-corrected chi connectivity index (χ4v) is 4.94. The van der Waals surface area contributed by atoms with Gasteiger partial charge in [0.2, 0.25) is 0 Å². The Labute approximate surface area is 216 Å². The number of benzene rings is 3. The third-order valence-electron chi connectivity index (χ3n) is 6.89. The summed E-state index contributed by atoms with van der Waals surface area (Å²) in [5.74, 6) is -0.387. The maximum absolute atomic E-state index is 13.0. The summed E-state index contributed by atoms with van der Waals surface area (Å²) in [6.07, 6.45) is 1.02. The Morgan fingerprint density at radius 3 is 2.68 bits per heavy atom. The number of aromatic nitrogens is 1. The first-order valence-electron chi connectivity index (χ1n) is 12.5. The predicted molar refractivity (Wildman–Crippen MR) is 144 cm³/mol. The fourth-order valence-electron chi connectivity index (χ4n) is 4.94. The highest BCUT2D eigenvalue weighted by Gasteiger charge is 2.17. The van der Waals surface area contributed by atoms with Gasteiger partial charge in [0.05, 0.1) is 11.6 Å². The van der Waals surface area contributed by atoms with Crippen LogP contribution in [0.5, 0.6) is 0 Å². The molecule has 37 heavy (non-hydrogen) atoms. The van der Waals surface area contributed by atoms with Gasteiger partial charge in [0.15, 0.2) is 0 Å². The van der Waals surface area contributed by atoms with E-state index in [1.54, 1.807) is 24.3 Å². The molecular formula is C30H29N5O2. The Kier molecular flexibility index (Phi) is 6.76. The first-order valence-corrected chi connectivity index (χ1v) is 12.5. The maximum atomic E-state index is 13.0. The number of likely N-dealkylation sites (N-methyl/N-ethyl adjacent to an activating group) is 1. The summed E-state index contributed by atoms with van der Waals surface area (Å²) in [7, 11) is 2.10. The van der Waals surface area contributed by atoms with Crippen molar-refractivity contribution in [1.82, 2.24) is 14.8 Å². The minimum absolute atomic E-state index is 0.184. The van der Waals surface area contributed by atoms with Crippen LogP contribution in [-0.2, 0) is 26.1 Å². The third kappa shape index (κ3) is 5.11. The smallest absolute Gasteiger partial charge is 0.268 e. The van der Waals surface area contributed by atoms with Gasteiger partial charge in [0.1, 0.15) is 5.69 Å². The van der Waals surface area contributed by atoms with Crippen molar-refractivity contribution in [2.75, 3.05) is 18.9 Å². The topological polar surface area (TPSA) is 90.2 Å². The highest BCUT2D eigenvalue weighted by Crippen LogP contribution is 2.23. The van der Waals surface area contributed by atoms with Gasteiger partial charge in [-0.25, -0.2) is 0 Å². The van der Waals surface area contributed by atoms with E-state index in [4.69, 9.17) is 0 Å². The lowest BCUT2D eigenvalue weighted by atomic mass is 9.99. The number of hydrogen-bond acceptors (Lipinski definition) is 4. The van der Waals surface area contributed by atoms with Crippen molar-refractivity contribution in [3.8, 4) is 6.07 Å². The van der Waals surface area contributed by atoms with E-state index in [9.17, 15) is 14.9 Å². The molecule has 0 aliphatic carbocycles. The van der Waals surface area contributed by atoms with Crippen LogP contribution in [0.1, 0.15) is 50.0 Å². The van der Waals surface area contributed by atoms with Crippen molar-refractivity contribution in [2.24, 2.45) is 0 Å². The average molecular weight is 492 g/mol. The molecule has 0 bridgehead atoms. The maximum Gasteiger partial charge on any atom is 0.268 e. The molecule has 1 aliphatic heterocycles. The second-order valence-corrected chi connectivity index (χ2v) is 9.47. The number of nitrogens with zero attached hydrogens (tertiary/aromatic N) is 3. The number of rotatable bonds is 6. The summed E-state index contributed by atoms with van der Waals surface area (Å²) in [6.45, 7) is 4.83. The van der Waals surface area contributed by atoms with E-state index < -0.39 is 0 Å². The van der Waals surface area contributed by atoms with E-state index in [0.717, 1.165) is 41.7 Å². The van der Waals surface area contributed by atoms with Gasteiger partial charge in [0.25, 0.3) is 11.8 Å². The van der Waals surface area contributed by atoms with Crippen molar-refractivity contribution in [1.29, 1.82) is 5.26 Å². The molecule has 3 aromatic carbocycles. The van der Waals surface area contributed by atoms with Crippen molar-refractivity contribution >= 4 is 28.4 Å². The molecule has 1 aromatic heterocycles. The van der Waals surface area contributed by atoms with Crippen LogP contribution in [-0.4, -0.2) is 34.9 Å². The number of aryl methyl sites for hydroxylation is 1. The lowest BCUT2D eigenvalue weighted by Crippen LogP contribution is -2.26. The van der Waals surface area contributed by atoms with Crippen LogP contribution in [0.4, 0.5) is 5.69 Å². The van der Waals surface area contributed by atoms with Crippen molar-refractivity contribution < 1.29 is 9.59 Å². The molecule has 0 unspecified atom stereocenters.